The van der Waals surface area contributed by atoms with Crippen LogP contribution in [0, 0.1) is 5.92 Å². The van der Waals surface area contributed by atoms with Crippen LogP contribution in [-0.2, 0) is 4.79 Å². The Hall–Kier alpha value is -1.30. The van der Waals surface area contributed by atoms with Crippen LogP contribution in [0.25, 0.3) is 0 Å². The predicted molar refractivity (Wildman–Crippen MR) is 80.2 cm³/mol. The SMILES string of the molecule is CC(C)C[C@@H](NC(=O)NC1CCN2CCCCC12)C(=O)O. The van der Waals surface area contributed by atoms with Gasteiger partial charge in [-0.15, -0.1) is 0 Å². The Kier molecular flexibility index (Phi) is 5.45. The maximum absolute atomic E-state index is 12.1. The van der Waals surface area contributed by atoms with Crippen molar-refractivity contribution in [1.82, 2.24) is 15.5 Å². The Morgan fingerprint density at radius 2 is 2.00 bits per heavy atom. The molecule has 2 aliphatic heterocycles. The Morgan fingerprint density at radius 3 is 2.67 bits per heavy atom. The molecule has 6 nitrogen and oxygen atoms in total. The second-order valence-corrected chi connectivity index (χ2v) is 6.63. The van der Waals surface area contributed by atoms with Crippen LogP contribution in [0.3, 0.4) is 0 Å². The van der Waals surface area contributed by atoms with E-state index in [1.165, 1.54) is 12.8 Å². The van der Waals surface area contributed by atoms with Crippen molar-refractivity contribution in [3.05, 3.63) is 0 Å². The number of amides is 2. The van der Waals surface area contributed by atoms with Crippen molar-refractivity contribution in [1.29, 1.82) is 0 Å². The highest BCUT2D eigenvalue weighted by atomic mass is 16.4. The zero-order chi connectivity index (χ0) is 15.4. The minimum atomic E-state index is -0.968. The number of urea groups is 1. The summed E-state index contributed by atoms with van der Waals surface area (Å²) in [4.78, 5) is 25.7. The van der Waals surface area contributed by atoms with Gasteiger partial charge in [0, 0.05) is 18.6 Å². The first-order valence-electron chi connectivity index (χ1n) is 8.01. The molecular formula is C15H27N3O3. The van der Waals surface area contributed by atoms with E-state index < -0.39 is 12.0 Å². The lowest BCUT2D eigenvalue weighted by molar-refractivity contribution is -0.139. The van der Waals surface area contributed by atoms with Crippen LogP contribution in [-0.4, -0.2) is 53.2 Å². The third-order valence-electron chi connectivity index (χ3n) is 4.48. The molecule has 0 aromatic carbocycles. The van der Waals surface area contributed by atoms with Crippen molar-refractivity contribution in [3.63, 3.8) is 0 Å². The molecular weight excluding hydrogens is 270 g/mol. The van der Waals surface area contributed by atoms with E-state index in [9.17, 15) is 9.59 Å². The second-order valence-electron chi connectivity index (χ2n) is 6.63. The van der Waals surface area contributed by atoms with Gasteiger partial charge in [0.1, 0.15) is 6.04 Å². The van der Waals surface area contributed by atoms with Gasteiger partial charge in [-0.1, -0.05) is 20.3 Å². The molecule has 2 amide bonds. The van der Waals surface area contributed by atoms with Crippen molar-refractivity contribution in [2.45, 2.75) is 64.1 Å². The first kappa shape index (κ1) is 16.1. The summed E-state index contributed by atoms with van der Waals surface area (Å²) in [5.74, 6) is -0.740. The summed E-state index contributed by atoms with van der Waals surface area (Å²) in [5.41, 5.74) is 0. The Morgan fingerprint density at radius 1 is 1.24 bits per heavy atom. The van der Waals surface area contributed by atoms with Crippen molar-refractivity contribution >= 4 is 12.0 Å². The molecule has 3 N–H and O–H groups in total. The van der Waals surface area contributed by atoms with Gasteiger partial charge in [0.15, 0.2) is 0 Å². The van der Waals surface area contributed by atoms with E-state index in [0.717, 1.165) is 25.9 Å². The van der Waals surface area contributed by atoms with Crippen LogP contribution >= 0.6 is 0 Å². The topological polar surface area (TPSA) is 81.7 Å². The fraction of sp³-hybridized carbons (Fsp3) is 0.867. The Labute approximate surface area is 126 Å². The van der Waals surface area contributed by atoms with Crippen LogP contribution in [0.5, 0.6) is 0 Å². The van der Waals surface area contributed by atoms with E-state index in [1.807, 2.05) is 13.8 Å². The molecule has 6 heteroatoms. The van der Waals surface area contributed by atoms with Gasteiger partial charge in [-0.3, -0.25) is 4.90 Å². The molecule has 2 heterocycles. The number of rotatable bonds is 5. The molecule has 0 radical (unpaired) electrons. The number of carboxylic acids is 1. The molecule has 0 saturated carbocycles. The molecule has 0 aliphatic carbocycles. The van der Waals surface area contributed by atoms with E-state index in [4.69, 9.17) is 5.11 Å². The van der Waals surface area contributed by atoms with Crippen molar-refractivity contribution in [2.24, 2.45) is 5.92 Å². The smallest absolute Gasteiger partial charge is 0.326 e. The zero-order valence-corrected chi connectivity index (χ0v) is 13.0. The molecule has 2 saturated heterocycles. The van der Waals surface area contributed by atoms with Crippen molar-refractivity contribution in [2.75, 3.05) is 13.1 Å². The number of piperidine rings is 1. The van der Waals surface area contributed by atoms with Crippen LogP contribution in [0.15, 0.2) is 0 Å². The van der Waals surface area contributed by atoms with E-state index in [1.54, 1.807) is 0 Å². The normalized spacial score (nSPS) is 27.2. The van der Waals surface area contributed by atoms with Gasteiger partial charge in [0.05, 0.1) is 0 Å². The van der Waals surface area contributed by atoms with E-state index >= 15 is 0 Å². The zero-order valence-electron chi connectivity index (χ0n) is 13.0. The van der Waals surface area contributed by atoms with E-state index in [-0.39, 0.29) is 18.0 Å². The summed E-state index contributed by atoms with van der Waals surface area (Å²) in [6, 6.07) is -0.578. The number of fused-ring (bicyclic) bond motifs is 1. The Bertz CT molecular complexity index is 386. The minimum Gasteiger partial charge on any atom is -0.480 e. The minimum absolute atomic E-state index is 0.152. The first-order chi connectivity index (χ1) is 9.97. The van der Waals surface area contributed by atoms with Crippen LogP contribution in [0.4, 0.5) is 4.79 Å². The van der Waals surface area contributed by atoms with Gasteiger partial charge in [0.25, 0.3) is 0 Å². The molecule has 2 aliphatic rings. The number of nitrogens with one attached hydrogen (secondary N) is 2. The van der Waals surface area contributed by atoms with Crippen LogP contribution in [0.2, 0.25) is 0 Å². The standard InChI is InChI=1S/C15H27N3O3/c1-10(2)9-12(14(19)20)17-15(21)16-11-6-8-18-7-4-3-5-13(11)18/h10-13H,3-9H2,1-2H3,(H,19,20)(H2,16,17,21)/t11?,12-,13?/m1/s1. The van der Waals surface area contributed by atoms with Gasteiger partial charge < -0.3 is 15.7 Å². The highest BCUT2D eigenvalue weighted by Crippen LogP contribution is 2.27. The Balaban J connectivity index is 1.84. The van der Waals surface area contributed by atoms with Gasteiger partial charge >= 0.3 is 12.0 Å². The van der Waals surface area contributed by atoms with Crippen LogP contribution < -0.4 is 10.6 Å². The number of carboxylic acid groups (broad SMARTS) is 1. The monoisotopic (exact) mass is 297 g/mol. The van der Waals surface area contributed by atoms with E-state index in [0.29, 0.717) is 12.5 Å². The van der Waals surface area contributed by atoms with Crippen molar-refractivity contribution in [3.8, 4) is 0 Å². The fourth-order valence-corrected chi connectivity index (χ4v) is 3.48. The number of aliphatic carboxylic acids is 1. The highest BCUT2D eigenvalue weighted by Gasteiger charge is 2.36. The summed E-state index contributed by atoms with van der Waals surface area (Å²) in [5, 5.41) is 14.8. The molecule has 0 aromatic heterocycles. The lowest BCUT2D eigenvalue weighted by Gasteiger charge is -2.32. The molecule has 2 unspecified atom stereocenters. The molecule has 0 spiro atoms. The number of hydrogen-bond donors (Lipinski definition) is 3. The third-order valence-corrected chi connectivity index (χ3v) is 4.48. The van der Waals surface area contributed by atoms with Crippen molar-refractivity contribution < 1.29 is 14.7 Å². The summed E-state index contributed by atoms with van der Waals surface area (Å²) in [6.45, 7) is 6.05. The maximum atomic E-state index is 12.1. The summed E-state index contributed by atoms with van der Waals surface area (Å²) in [6.07, 6.45) is 4.99. The lowest BCUT2D eigenvalue weighted by Crippen LogP contribution is -2.53. The largest absolute Gasteiger partial charge is 0.480 e. The third kappa shape index (κ3) is 4.33. The number of carbonyl (C=O) groups excluding carboxylic acids is 1. The van der Waals surface area contributed by atoms with Gasteiger partial charge in [-0.25, -0.2) is 9.59 Å². The molecule has 3 atom stereocenters. The maximum Gasteiger partial charge on any atom is 0.326 e. The second kappa shape index (κ2) is 7.11. The molecule has 2 rings (SSSR count). The van der Waals surface area contributed by atoms with E-state index in [2.05, 4.69) is 15.5 Å². The highest BCUT2D eigenvalue weighted by molar-refractivity contribution is 5.82. The predicted octanol–water partition coefficient (Wildman–Crippen LogP) is 1.41. The molecule has 120 valence electrons. The van der Waals surface area contributed by atoms with Crippen LogP contribution in [0.1, 0.15) is 46.0 Å². The quantitative estimate of drug-likeness (QED) is 0.716. The molecule has 0 aromatic rings. The average Bonchev–Trinajstić information content (AvgIpc) is 2.81. The lowest BCUT2D eigenvalue weighted by atomic mass is 9.99. The van der Waals surface area contributed by atoms with Gasteiger partial charge in [0.2, 0.25) is 0 Å². The first-order valence-corrected chi connectivity index (χ1v) is 8.01. The number of carbonyl (C=O) groups is 2. The summed E-state index contributed by atoms with van der Waals surface area (Å²) in [7, 11) is 0. The number of nitrogens with zero attached hydrogens (tertiary/aromatic N) is 1. The summed E-state index contributed by atoms with van der Waals surface area (Å²) < 4.78 is 0. The average molecular weight is 297 g/mol. The molecule has 2 fully saturated rings. The van der Waals surface area contributed by atoms with Gasteiger partial charge in [-0.05, 0) is 38.1 Å². The molecule has 0 bridgehead atoms. The fourth-order valence-electron chi connectivity index (χ4n) is 3.48. The van der Waals surface area contributed by atoms with Gasteiger partial charge in [-0.2, -0.15) is 0 Å². The number of hydrogen-bond acceptors (Lipinski definition) is 3. The summed E-state index contributed by atoms with van der Waals surface area (Å²) >= 11 is 0. The molecule has 21 heavy (non-hydrogen) atoms.